The average molecular weight is 1810 g/mol. The van der Waals surface area contributed by atoms with Gasteiger partial charge in [0.25, 0.3) is 0 Å². The van der Waals surface area contributed by atoms with Gasteiger partial charge < -0.3 is 13.7 Å². The van der Waals surface area contributed by atoms with Gasteiger partial charge in [-0.2, -0.15) is 4.98 Å². The molecule has 0 aliphatic carbocycles. The van der Waals surface area contributed by atoms with Crippen LogP contribution in [0.2, 0.25) is 0 Å². The van der Waals surface area contributed by atoms with Crippen LogP contribution in [-0.4, -0.2) is 34.9 Å². The van der Waals surface area contributed by atoms with Gasteiger partial charge >= 0.3 is 6.01 Å². The van der Waals surface area contributed by atoms with Crippen molar-refractivity contribution >= 4 is 143 Å². The Labute approximate surface area is 804 Å². The molecule has 0 radical (unpaired) electrons. The van der Waals surface area contributed by atoms with Crippen LogP contribution < -0.4 is 9.80 Å². The van der Waals surface area contributed by atoms with Crippen LogP contribution in [-0.2, 0) is 0 Å². The van der Waals surface area contributed by atoms with Crippen molar-refractivity contribution < 1.29 is 8.83 Å². The highest BCUT2D eigenvalue weighted by Crippen LogP contribution is 2.44. The van der Waals surface area contributed by atoms with E-state index in [-0.39, 0.29) is 0 Å². The minimum Gasteiger partial charge on any atom is -0.436 e. The fourth-order valence-electron chi connectivity index (χ4n) is 17.9. The summed E-state index contributed by atoms with van der Waals surface area (Å²) in [6, 6.07) is 172. The van der Waals surface area contributed by atoms with E-state index >= 15 is 0 Å². The number of anilines is 6. The molecule has 138 heavy (non-hydrogen) atoms. The van der Waals surface area contributed by atoms with Gasteiger partial charge in [0.15, 0.2) is 28.6 Å². The Hall–Kier alpha value is -18.0. The molecule has 0 amide bonds. The van der Waals surface area contributed by atoms with Crippen molar-refractivity contribution in [2.45, 2.75) is 0 Å². The Morgan fingerprint density at radius 3 is 0.783 bits per heavy atom. The maximum absolute atomic E-state index is 6.23. The van der Waals surface area contributed by atoms with Gasteiger partial charge in [-0.15, -0.1) is 22.7 Å². The smallest absolute Gasteiger partial charge is 0.307 e. The van der Waals surface area contributed by atoms with Gasteiger partial charge in [0.2, 0.25) is 5.89 Å². The Morgan fingerprint density at radius 1 is 0.167 bits per heavy atom. The summed E-state index contributed by atoms with van der Waals surface area (Å²) >= 11 is 3.46. The second-order valence-electron chi connectivity index (χ2n) is 34.0. The van der Waals surface area contributed by atoms with Crippen LogP contribution in [0.25, 0.3) is 208 Å². The Morgan fingerprint density at radius 2 is 0.428 bits per heavy atom. The first kappa shape index (κ1) is 83.1. The van der Waals surface area contributed by atoms with E-state index in [9.17, 15) is 0 Å². The third-order valence-electron chi connectivity index (χ3n) is 25.2. The van der Waals surface area contributed by atoms with Gasteiger partial charge in [-0.1, -0.05) is 322 Å². The lowest BCUT2D eigenvalue weighted by molar-refractivity contribution is 0.608. The number of benzene rings is 21. The fourth-order valence-corrected chi connectivity index (χ4v) is 19.9. The third-order valence-corrected chi connectivity index (χ3v) is 27.4. The van der Waals surface area contributed by atoms with E-state index < -0.39 is 0 Å². The molecule has 650 valence electrons. The van der Waals surface area contributed by atoms with Crippen LogP contribution in [0.3, 0.4) is 0 Å². The van der Waals surface area contributed by atoms with Crippen LogP contribution >= 0.6 is 22.7 Å². The van der Waals surface area contributed by atoms with Gasteiger partial charge in [0.1, 0.15) is 21.0 Å². The van der Waals surface area contributed by atoms with Crippen molar-refractivity contribution in [3.63, 3.8) is 0 Å². The molecule has 0 atom stereocenters. The second-order valence-corrected chi connectivity index (χ2v) is 36.0. The number of rotatable bonds is 17. The molecular weight excluding hydrogens is 1720 g/mol. The standard InChI is InChI=1S/C48H30N4O.C42H27N3S2.C35H24N2O/c1-3-9-39-29-41(27-17-31(39)7-1)33-13-19-35(20-14-33)45-50-46(36-21-15-34(16-22-36)42-28-18-32-8-2-4-10-40(32)30-42)52-47(51-45)37-23-25-38(26-24-37)48-49-43-11-5-6-12-44(43)53-48;1-2-8-32-27-33(14-13-28(32)7-1)29-15-21-34(22-16-29)45(35-23-17-30(18-24-35)41-43-37-9-3-5-11-39(37)46-41)36-25-19-31(20-26-36)42-44-38-10-4-6-12-40(38)47-42;1-2-8-25(9-3-1)27-16-20-31(21-17-27)37(35-36-33-12-6-7-13-34(33)38-35)32-22-18-28(19-23-32)30-15-14-26-10-4-5-11-29(26)24-30/h1-30H;1-27H;1-24H. The lowest BCUT2D eigenvalue weighted by Crippen LogP contribution is -2.10. The number of thiazole rings is 2. The number of oxazole rings is 2. The summed E-state index contributed by atoms with van der Waals surface area (Å²) in [4.78, 5) is 38.7. The lowest BCUT2D eigenvalue weighted by Gasteiger charge is -2.26. The molecule has 0 saturated carbocycles. The summed E-state index contributed by atoms with van der Waals surface area (Å²) in [5.74, 6) is 2.38. The van der Waals surface area contributed by atoms with Gasteiger partial charge in [-0.05, 0) is 269 Å². The zero-order valence-corrected chi connectivity index (χ0v) is 76.1. The highest BCUT2D eigenvalue weighted by atomic mass is 32.1. The average Bonchev–Trinajstić information content (AvgIpc) is 0.845. The largest absolute Gasteiger partial charge is 0.436 e. The highest BCUT2D eigenvalue weighted by molar-refractivity contribution is 7.22. The number of fused-ring (bicyclic) bond motifs is 8. The first-order valence-electron chi connectivity index (χ1n) is 45.9. The number of para-hydroxylation sites is 6. The topological polar surface area (TPSA) is 123 Å². The zero-order valence-electron chi connectivity index (χ0n) is 74.4. The van der Waals surface area contributed by atoms with E-state index in [1.165, 1.54) is 80.3 Å². The molecular formula is C125H81N9O2S2. The Kier molecular flexibility index (Phi) is 22.2. The summed E-state index contributed by atoms with van der Waals surface area (Å²) in [6.45, 7) is 0. The molecule has 5 heterocycles. The van der Waals surface area contributed by atoms with Crippen molar-refractivity contribution in [3.05, 3.63) is 491 Å². The lowest BCUT2D eigenvalue weighted by atomic mass is 10.00. The zero-order chi connectivity index (χ0) is 91.6. The van der Waals surface area contributed by atoms with E-state index in [2.05, 4.69) is 415 Å². The van der Waals surface area contributed by atoms with Gasteiger partial charge in [-0.25, -0.2) is 29.9 Å². The minimum absolute atomic E-state index is 0.539. The monoisotopic (exact) mass is 1800 g/mol. The molecule has 26 rings (SSSR count). The summed E-state index contributed by atoms with van der Waals surface area (Å²) < 4.78 is 14.7. The molecule has 0 fully saturated rings. The molecule has 0 aliphatic rings. The van der Waals surface area contributed by atoms with Crippen LogP contribution in [0.1, 0.15) is 0 Å². The van der Waals surface area contributed by atoms with Crippen molar-refractivity contribution in [2.24, 2.45) is 0 Å². The number of nitrogens with zero attached hydrogens (tertiary/aromatic N) is 9. The summed E-state index contributed by atoms with van der Waals surface area (Å²) in [6.07, 6.45) is 0. The van der Waals surface area contributed by atoms with Crippen molar-refractivity contribution in [1.82, 2.24) is 34.9 Å². The first-order chi connectivity index (χ1) is 68.3. The maximum Gasteiger partial charge on any atom is 0.307 e. The molecule has 0 unspecified atom stereocenters. The normalized spacial score (nSPS) is 11.3. The van der Waals surface area contributed by atoms with Gasteiger partial charge in [-0.3, -0.25) is 4.90 Å². The highest BCUT2D eigenvalue weighted by Gasteiger charge is 2.23. The molecule has 21 aromatic carbocycles. The van der Waals surface area contributed by atoms with Crippen molar-refractivity contribution in [3.8, 4) is 122 Å². The molecule has 26 aromatic rings. The van der Waals surface area contributed by atoms with E-state index in [4.69, 9.17) is 38.7 Å². The number of aromatic nitrogens is 7. The van der Waals surface area contributed by atoms with Crippen molar-refractivity contribution in [2.75, 3.05) is 9.80 Å². The fraction of sp³-hybridized carbons (Fsp3) is 0. The molecule has 5 aromatic heterocycles. The second kappa shape index (κ2) is 36.9. The molecule has 11 nitrogen and oxygen atoms in total. The van der Waals surface area contributed by atoms with Gasteiger partial charge in [0, 0.05) is 50.4 Å². The molecule has 0 spiro atoms. The molecule has 13 heteroatoms. The molecule has 0 bridgehead atoms. The third kappa shape index (κ3) is 17.2. The van der Waals surface area contributed by atoms with E-state index in [1.54, 1.807) is 22.7 Å². The number of hydrogen-bond donors (Lipinski definition) is 0. The summed E-state index contributed by atoms with van der Waals surface area (Å²) in [5.41, 5.74) is 28.0. The van der Waals surface area contributed by atoms with Crippen LogP contribution in [0.15, 0.2) is 500 Å². The molecule has 0 N–H and O–H groups in total. The van der Waals surface area contributed by atoms with Crippen LogP contribution in [0, 0.1) is 0 Å². The SMILES string of the molecule is c1ccc(-c2ccc(N(c3ccc(-c4ccc5ccccc5c4)cc3)c3nc4ccccc4o3)cc2)cc1.c1ccc2cc(-c3ccc(-c4nc(-c5ccc(-c6ccc7ccccc7c6)cc5)nc(-c5ccc(-c6nc7ccccc7o6)cc5)n4)cc3)ccc2c1.c1ccc2cc(-c3ccc(N(c4ccc(-c5nc6ccccc6s5)cc4)c4ccc(-c5nc6ccccc6s5)cc4)cc3)ccc2c1. The molecule has 0 saturated heterocycles. The van der Waals surface area contributed by atoms with Crippen LogP contribution in [0.4, 0.5) is 34.5 Å². The van der Waals surface area contributed by atoms with E-state index in [1.807, 2.05) is 91.0 Å². The Balaban J connectivity index is 0.000000114. The molecule has 0 aliphatic heterocycles. The predicted molar refractivity (Wildman–Crippen MR) is 573 cm³/mol. The maximum atomic E-state index is 6.23. The Bertz CT molecular complexity index is 8550. The first-order valence-corrected chi connectivity index (χ1v) is 47.5. The quantitative estimate of drug-likeness (QED) is 0.0866. The van der Waals surface area contributed by atoms with E-state index in [0.717, 1.165) is 133 Å². The van der Waals surface area contributed by atoms with E-state index in [0.29, 0.717) is 29.4 Å². The minimum atomic E-state index is 0.539. The van der Waals surface area contributed by atoms with Gasteiger partial charge in [0.05, 0.1) is 31.8 Å². The summed E-state index contributed by atoms with van der Waals surface area (Å²) in [7, 11) is 0. The van der Waals surface area contributed by atoms with Crippen LogP contribution in [0.5, 0.6) is 0 Å². The van der Waals surface area contributed by atoms with Crippen molar-refractivity contribution in [1.29, 1.82) is 0 Å². The summed E-state index contributed by atoms with van der Waals surface area (Å²) in [5, 5.41) is 11.9. The predicted octanol–water partition coefficient (Wildman–Crippen LogP) is 34.6. The number of hydrogen-bond acceptors (Lipinski definition) is 13.